The Hall–Kier alpha value is -2.04. The highest BCUT2D eigenvalue weighted by molar-refractivity contribution is 5.88. The predicted octanol–water partition coefficient (Wildman–Crippen LogP) is 2.37. The van der Waals surface area contributed by atoms with Gasteiger partial charge in [0.05, 0.1) is 6.04 Å². The topological polar surface area (TPSA) is 91.0 Å². The first kappa shape index (κ1) is 15.4. The van der Waals surface area contributed by atoms with E-state index < -0.39 is 0 Å². The van der Waals surface area contributed by atoms with Gasteiger partial charge in [-0.05, 0) is 24.3 Å². The fourth-order valence-electron chi connectivity index (χ4n) is 2.89. The summed E-state index contributed by atoms with van der Waals surface area (Å²) in [6.45, 7) is 0.474. The lowest BCUT2D eigenvalue weighted by Gasteiger charge is -2.30. The van der Waals surface area contributed by atoms with Gasteiger partial charge in [-0.2, -0.15) is 0 Å². The molecule has 1 unspecified atom stereocenters. The third kappa shape index (κ3) is 4.77. The molecule has 1 saturated carbocycles. The van der Waals surface area contributed by atoms with Crippen molar-refractivity contribution in [1.29, 1.82) is 5.41 Å². The van der Waals surface area contributed by atoms with Crippen molar-refractivity contribution in [3.05, 3.63) is 35.9 Å². The zero-order valence-corrected chi connectivity index (χ0v) is 12.3. The van der Waals surface area contributed by atoms with Crippen molar-refractivity contribution in [2.75, 3.05) is 0 Å². The Kier molecular flexibility index (Phi) is 5.60. The number of benzene rings is 1. The molecule has 21 heavy (non-hydrogen) atoms. The van der Waals surface area contributed by atoms with Crippen LogP contribution in [0.3, 0.4) is 0 Å². The molecule has 1 aromatic carbocycles. The minimum absolute atomic E-state index is 0.0526. The van der Waals surface area contributed by atoms with E-state index in [0.29, 0.717) is 12.5 Å². The quantitative estimate of drug-likeness (QED) is 0.495. The van der Waals surface area contributed by atoms with Gasteiger partial charge in [-0.1, -0.05) is 49.6 Å². The lowest BCUT2D eigenvalue weighted by molar-refractivity contribution is 0.231. The summed E-state index contributed by atoms with van der Waals surface area (Å²) in [5.41, 5.74) is 6.71. The number of hydrogen-bond acceptors (Lipinski definition) is 2. The second kappa shape index (κ2) is 7.67. The molecular formula is C16H24N4O. The molecule has 5 heteroatoms. The predicted molar refractivity (Wildman–Crippen MR) is 84.1 cm³/mol. The molecule has 2 rings (SSSR count). The molecule has 0 saturated heterocycles. The number of carbonyl (C=O) groups excluding carboxylic acids is 1. The van der Waals surface area contributed by atoms with Gasteiger partial charge in [0, 0.05) is 6.54 Å². The number of amides is 2. The smallest absolute Gasteiger partial charge is 0.315 e. The molecule has 0 spiro atoms. The fourth-order valence-corrected chi connectivity index (χ4v) is 2.89. The molecule has 1 fully saturated rings. The number of carbonyl (C=O) groups is 1. The molecular weight excluding hydrogens is 264 g/mol. The van der Waals surface area contributed by atoms with Gasteiger partial charge in [-0.15, -0.1) is 0 Å². The summed E-state index contributed by atoms with van der Waals surface area (Å²) >= 11 is 0. The average molecular weight is 288 g/mol. The lowest BCUT2D eigenvalue weighted by atomic mass is 9.83. The van der Waals surface area contributed by atoms with Gasteiger partial charge in [0.25, 0.3) is 0 Å². The number of hydrogen-bond donors (Lipinski definition) is 4. The molecule has 1 atom stereocenters. The van der Waals surface area contributed by atoms with Gasteiger partial charge in [0.2, 0.25) is 0 Å². The molecule has 0 aliphatic heterocycles. The molecule has 0 radical (unpaired) electrons. The van der Waals surface area contributed by atoms with Crippen molar-refractivity contribution >= 4 is 11.9 Å². The monoisotopic (exact) mass is 288 g/mol. The van der Waals surface area contributed by atoms with Crippen LogP contribution in [0.5, 0.6) is 0 Å². The summed E-state index contributed by atoms with van der Waals surface area (Å²) in [4.78, 5) is 12.0. The zero-order chi connectivity index (χ0) is 15.1. The van der Waals surface area contributed by atoms with Crippen molar-refractivity contribution in [1.82, 2.24) is 10.6 Å². The van der Waals surface area contributed by atoms with E-state index in [1.807, 2.05) is 30.3 Å². The molecule has 2 amide bonds. The summed E-state index contributed by atoms with van der Waals surface area (Å²) in [5.74, 6) is 0.343. The highest BCUT2D eigenvalue weighted by Gasteiger charge is 2.27. The van der Waals surface area contributed by atoms with Crippen molar-refractivity contribution in [2.24, 2.45) is 11.7 Å². The van der Waals surface area contributed by atoms with Gasteiger partial charge >= 0.3 is 6.03 Å². The van der Waals surface area contributed by atoms with Crippen LogP contribution in [0.1, 0.15) is 37.7 Å². The van der Waals surface area contributed by atoms with Crippen LogP contribution in [0.2, 0.25) is 0 Å². The zero-order valence-electron chi connectivity index (χ0n) is 12.3. The van der Waals surface area contributed by atoms with Crippen molar-refractivity contribution in [3.63, 3.8) is 0 Å². The van der Waals surface area contributed by atoms with E-state index in [0.717, 1.165) is 31.2 Å². The van der Waals surface area contributed by atoms with Gasteiger partial charge in [0.15, 0.2) is 0 Å². The number of rotatable bonds is 5. The summed E-state index contributed by atoms with van der Waals surface area (Å²) < 4.78 is 0. The Labute approximate surface area is 125 Å². The molecule has 1 aliphatic carbocycles. The van der Waals surface area contributed by atoms with Gasteiger partial charge in [0.1, 0.15) is 5.84 Å². The SMILES string of the molecule is N=C(N)C(NC(=O)NCc1ccccc1)C1CCCCC1. The molecule has 114 valence electrons. The molecule has 5 nitrogen and oxygen atoms in total. The minimum Gasteiger partial charge on any atom is -0.386 e. The molecule has 1 aliphatic rings. The van der Waals surface area contributed by atoms with Crippen molar-refractivity contribution in [2.45, 2.75) is 44.7 Å². The molecule has 5 N–H and O–H groups in total. The third-order valence-corrected chi connectivity index (χ3v) is 4.04. The number of nitrogens with two attached hydrogens (primary N) is 1. The van der Waals surface area contributed by atoms with Crippen LogP contribution in [0, 0.1) is 11.3 Å². The largest absolute Gasteiger partial charge is 0.386 e. The van der Waals surface area contributed by atoms with Crippen molar-refractivity contribution in [3.8, 4) is 0 Å². The number of nitrogens with one attached hydrogen (secondary N) is 3. The van der Waals surface area contributed by atoms with Crippen LogP contribution in [-0.2, 0) is 6.54 Å². The van der Waals surface area contributed by atoms with Crippen LogP contribution in [0.25, 0.3) is 0 Å². The first-order chi connectivity index (χ1) is 10.2. The van der Waals surface area contributed by atoms with Gasteiger partial charge < -0.3 is 16.4 Å². The highest BCUT2D eigenvalue weighted by Crippen LogP contribution is 2.26. The van der Waals surface area contributed by atoms with Gasteiger partial charge in [-0.3, -0.25) is 5.41 Å². The van der Waals surface area contributed by atoms with Crippen LogP contribution in [0.15, 0.2) is 30.3 Å². The second-order valence-electron chi connectivity index (χ2n) is 5.64. The Morgan fingerprint density at radius 3 is 2.52 bits per heavy atom. The van der Waals surface area contributed by atoms with Gasteiger partial charge in [-0.25, -0.2) is 4.79 Å². The van der Waals surface area contributed by atoms with Crippen LogP contribution in [-0.4, -0.2) is 17.9 Å². The summed E-state index contributed by atoms with van der Waals surface area (Å²) in [6.07, 6.45) is 5.61. The second-order valence-corrected chi connectivity index (χ2v) is 5.64. The van der Waals surface area contributed by atoms with E-state index in [2.05, 4.69) is 10.6 Å². The lowest BCUT2D eigenvalue weighted by Crippen LogP contribution is -2.52. The Morgan fingerprint density at radius 2 is 1.90 bits per heavy atom. The highest BCUT2D eigenvalue weighted by atomic mass is 16.2. The normalized spacial score (nSPS) is 17.0. The fraction of sp³-hybridized carbons (Fsp3) is 0.500. The Bertz CT molecular complexity index is 468. The maximum Gasteiger partial charge on any atom is 0.315 e. The molecule has 0 heterocycles. The van der Waals surface area contributed by atoms with Crippen LogP contribution < -0.4 is 16.4 Å². The number of amidine groups is 1. The van der Waals surface area contributed by atoms with Crippen LogP contribution >= 0.6 is 0 Å². The molecule has 0 aromatic heterocycles. The maximum absolute atomic E-state index is 12.0. The Balaban J connectivity index is 1.84. The van der Waals surface area contributed by atoms with Crippen molar-refractivity contribution < 1.29 is 4.79 Å². The van der Waals surface area contributed by atoms with E-state index in [1.165, 1.54) is 6.42 Å². The van der Waals surface area contributed by atoms with E-state index in [4.69, 9.17) is 11.1 Å². The average Bonchev–Trinajstić information content (AvgIpc) is 2.52. The number of urea groups is 1. The first-order valence-electron chi connectivity index (χ1n) is 7.59. The standard InChI is InChI=1S/C16H24N4O/c17-15(18)14(13-9-5-2-6-10-13)20-16(21)19-11-12-7-3-1-4-8-12/h1,3-4,7-8,13-14H,2,5-6,9-11H2,(H3,17,18)(H2,19,20,21). The first-order valence-corrected chi connectivity index (χ1v) is 7.59. The summed E-state index contributed by atoms with van der Waals surface area (Å²) in [6, 6.07) is 9.14. The van der Waals surface area contributed by atoms with Crippen LogP contribution in [0.4, 0.5) is 4.79 Å². The van der Waals surface area contributed by atoms with E-state index in [9.17, 15) is 4.79 Å². The van der Waals surface area contributed by atoms with E-state index in [-0.39, 0.29) is 17.9 Å². The molecule has 1 aromatic rings. The third-order valence-electron chi connectivity index (χ3n) is 4.04. The summed E-state index contributed by atoms with van der Waals surface area (Å²) in [5, 5.41) is 13.4. The Morgan fingerprint density at radius 1 is 1.24 bits per heavy atom. The minimum atomic E-state index is -0.346. The maximum atomic E-state index is 12.0. The van der Waals surface area contributed by atoms with E-state index in [1.54, 1.807) is 0 Å². The summed E-state index contributed by atoms with van der Waals surface area (Å²) in [7, 11) is 0. The van der Waals surface area contributed by atoms with E-state index >= 15 is 0 Å². The molecule has 0 bridgehead atoms.